The van der Waals surface area contributed by atoms with E-state index in [1.165, 1.54) is 37.7 Å². The van der Waals surface area contributed by atoms with Crippen molar-refractivity contribution in [2.45, 2.75) is 72.1 Å². The van der Waals surface area contributed by atoms with Crippen LogP contribution in [0.3, 0.4) is 0 Å². The van der Waals surface area contributed by atoms with E-state index in [9.17, 15) is 4.79 Å². The molecule has 3 rings (SSSR count). The van der Waals surface area contributed by atoms with Gasteiger partial charge < -0.3 is 5.32 Å². The number of hydrogen-bond acceptors (Lipinski definition) is 2. The number of anilines is 1. The summed E-state index contributed by atoms with van der Waals surface area (Å²) in [6, 6.07) is 18.3. The molecule has 2 aromatic carbocycles. The Morgan fingerprint density at radius 3 is 2.32 bits per heavy atom. The summed E-state index contributed by atoms with van der Waals surface area (Å²) in [6.45, 7) is 6.40. The predicted octanol–water partition coefficient (Wildman–Crippen LogP) is 7.24. The first kappa shape index (κ1) is 22.8. The number of amides is 1. The number of aryl methyl sites for hydroxylation is 2. The van der Waals surface area contributed by atoms with Gasteiger partial charge in [0.05, 0.1) is 11.4 Å². The van der Waals surface area contributed by atoms with Crippen molar-refractivity contribution in [3.05, 3.63) is 65.7 Å². The molecule has 1 amide bonds. The Morgan fingerprint density at radius 2 is 1.61 bits per heavy atom. The predicted molar refractivity (Wildman–Crippen MR) is 130 cm³/mol. The molecular formula is C27H35N3O. The fraction of sp³-hybridized carbons (Fsp3) is 0.407. The van der Waals surface area contributed by atoms with Crippen LogP contribution in [-0.2, 0) is 4.79 Å². The van der Waals surface area contributed by atoms with Gasteiger partial charge >= 0.3 is 0 Å². The maximum atomic E-state index is 12.7. The van der Waals surface area contributed by atoms with Gasteiger partial charge in [0.25, 0.3) is 0 Å². The molecule has 31 heavy (non-hydrogen) atoms. The monoisotopic (exact) mass is 417 g/mol. The fourth-order valence-electron chi connectivity index (χ4n) is 3.89. The Morgan fingerprint density at radius 1 is 0.903 bits per heavy atom. The molecule has 4 heteroatoms. The number of unbranched alkanes of at least 4 members (excludes halogenated alkanes) is 6. The number of rotatable bonds is 11. The Labute approximate surface area is 186 Å². The van der Waals surface area contributed by atoms with Gasteiger partial charge in [0.15, 0.2) is 0 Å². The van der Waals surface area contributed by atoms with Crippen LogP contribution >= 0.6 is 0 Å². The lowest BCUT2D eigenvalue weighted by Crippen LogP contribution is -2.15. The Kier molecular flexibility index (Phi) is 8.45. The minimum absolute atomic E-state index is 0.0547. The minimum atomic E-state index is 0.0547. The number of hydrogen-bond donors (Lipinski definition) is 1. The number of carbonyl (C=O) groups is 1. The quantitative estimate of drug-likeness (QED) is 0.334. The largest absolute Gasteiger partial charge is 0.311 e. The summed E-state index contributed by atoms with van der Waals surface area (Å²) in [5, 5.41) is 7.95. The van der Waals surface area contributed by atoms with Crippen LogP contribution in [-0.4, -0.2) is 15.7 Å². The Balaban J connectivity index is 1.72. The third-order valence-electron chi connectivity index (χ3n) is 5.63. The lowest BCUT2D eigenvalue weighted by Gasteiger charge is -2.12. The number of aromatic nitrogens is 2. The molecule has 1 heterocycles. The lowest BCUT2D eigenvalue weighted by molar-refractivity contribution is -0.116. The number of nitrogens with zero attached hydrogens (tertiary/aromatic N) is 2. The van der Waals surface area contributed by atoms with Crippen molar-refractivity contribution >= 4 is 11.7 Å². The van der Waals surface area contributed by atoms with Crippen LogP contribution in [0.25, 0.3) is 16.9 Å². The van der Waals surface area contributed by atoms with Crippen molar-refractivity contribution in [3.63, 3.8) is 0 Å². The molecule has 3 aromatic rings. The first-order valence-electron chi connectivity index (χ1n) is 11.6. The highest BCUT2D eigenvalue weighted by atomic mass is 16.1. The normalized spacial score (nSPS) is 10.9. The molecule has 164 valence electrons. The first-order chi connectivity index (χ1) is 15.1. The Bertz CT molecular complexity index is 975. The number of nitrogens with one attached hydrogen (secondary N) is 1. The molecule has 1 N–H and O–H groups in total. The molecule has 0 saturated carbocycles. The van der Waals surface area contributed by atoms with E-state index >= 15 is 0 Å². The minimum Gasteiger partial charge on any atom is -0.311 e. The van der Waals surface area contributed by atoms with Gasteiger partial charge in [-0.2, -0.15) is 5.10 Å². The van der Waals surface area contributed by atoms with Crippen LogP contribution in [0.1, 0.15) is 69.4 Å². The molecule has 0 atom stereocenters. The molecule has 0 unspecified atom stereocenters. The van der Waals surface area contributed by atoms with Gasteiger partial charge in [-0.25, -0.2) is 4.68 Å². The van der Waals surface area contributed by atoms with Crippen molar-refractivity contribution in [1.82, 2.24) is 9.78 Å². The second-order valence-corrected chi connectivity index (χ2v) is 8.40. The second kappa shape index (κ2) is 11.5. The van der Waals surface area contributed by atoms with Crippen LogP contribution < -0.4 is 5.32 Å². The van der Waals surface area contributed by atoms with Crippen LogP contribution in [0.4, 0.5) is 5.82 Å². The highest BCUT2D eigenvalue weighted by molar-refractivity contribution is 5.90. The van der Waals surface area contributed by atoms with E-state index in [0.717, 1.165) is 41.2 Å². The fourth-order valence-corrected chi connectivity index (χ4v) is 3.89. The third kappa shape index (κ3) is 6.55. The SMILES string of the molecule is CCCCCCCCCC(=O)Nc1cc(-c2ccccc2)nn1-c1ccc(C)cc1C. The summed E-state index contributed by atoms with van der Waals surface area (Å²) in [7, 11) is 0. The summed E-state index contributed by atoms with van der Waals surface area (Å²) in [4.78, 5) is 12.7. The van der Waals surface area contributed by atoms with Gasteiger partial charge in [-0.3, -0.25) is 4.79 Å². The van der Waals surface area contributed by atoms with E-state index < -0.39 is 0 Å². The number of benzene rings is 2. The smallest absolute Gasteiger partial charge is 0.225 e. The zero-order valence-electron chi connectivity index (χ0n) is 19.2. The van der Waals surface area contributed by atoms with E-state index in [0.29, 0.717) is 6.42 Å². The maximum absolute atomic E-state index is 12.7. The zero-order valence-corrected chi connectivity index (χ0v) is 19.2. The van der Waals surface area contributed by atoms with Gasteiger partial charge in [-0.15, -0.1) is 0 Å². The Hall–Kier alpha value is -2.88. The molecule has 0 saturated heterocycles. The molecule has 0 aliphatic heterocycles. The lowest BCUT2D eigenvalue weighted by atomic mass is 10.1. The van der Waals surface area contributed by atoms with Crippen molar-refractivity contribution in [2.24, 2.45) is 0 Å². The molecule has 0 aliphatic carbocycles. The second-order valence-electron chi connectivity index (χ2n) is 8.40. The van der Waals surface area contributed by atoms with Gasteiger partial charge in [0.2, 0.25) is 5.91 Å². The van der Waals surface area contributed by atoms with Crippen molar-refractivity contribution in [1.29, 1.82) is 0 Å². The molecule has 0 aliphatic rings. The highest BCUT2D eigenvalue weighted by Gasteiger charge is 2.15. The van der Waals surface area contributed by atoms with Crippen LogP contribution in [0.5, 0.6) is 0 Å². The zero-order chi connectivity index (χ0) is 22.1. The highest BCUT2D eigenvalue weighted by Crippen LogP contribution is 2.27. The summed E-state index contributed by atoms with van der Waals surface area (Å²) >= 11 is 0. The molecule has 0 fully saturated rings. The average Bonchev–Trinajstić information content (AvgIpc) is 3.17. The van der Waals surface area contributed by atoms with E-state index in [1.54, 1.807) is 0 Å². The molecule has 1 aromatic heterocycles. The molecule has 0 spiro atoms. The van der Waals surface area contributed by atoms with E-state index in [2.05, 4.69) is 44.3 Å². The first-order valence-corrected chi connectivity index (χ1v) is 11.6. The van der Waals surface area contributed by atoms with Gasteiger partial charge in [-0.1, -0.05) is 93.5 Å². The van der Waals surface area contributed by atoms with Gasteiger partial charge in [0, 0.05) is 18.1 Å². The summed E-state index contributed by atoms with van der Waals surface area (Å²) in [5.74, 6) is 0.776. The molecule has 0 bridgehead atoms. The van der Waals surface area contributed by atoms with Crippen molar-refractivity contribution in [2.75, 3.05) is 5.32 Å². The topological polar surface area (TPSA) is 46.9 Å². The van der Waals surface area contributed by atoms with Crippen LogP contribution in [0, 0.1) is 13.8 Å². The average molecular weight is 418 g/mol. The van der Waals surface area contributed by atoms with E-state index in [-0.39, 0.29) is 5.91 Å². The molecule has 4 nitrogen and oxygen atoms in total. The van der Waals surface area contributed by atoms with Gasteiger partial charge in [-0.05, 0) is 31.9 Å². The number of carbonyl (C=O) groups excluding carboxylic acids is 1. The molecular weight excluding hydrogens is 382 g/mol. The van der Waals surface area contributed by atoms with E-state index in [4.69, 9.17) is 5.10 Å². The summed E-state index contributed by atoms with van der Waals surface area (Å²) < 4.78 is 1.86. The molecule has 0 radical (unpaired) electrons. The van der Waals surface area contributed by atoms with E-state index in [1.807, 2.05) is 41.1 Å². The standard InChI is InChI=1S/C27H35N3O/c1-4-5-6-7-8-9-13-16-27(31)28-26-20-24(23-14-11-10-12-15-23)29-30(26)25-18-17-21(2)19-22(25)3/h10-12,14-15,17-20H,4-9,13,16H2,1-3H3,(H,28,31). The van der Waals surface area contributed by atoms with Gasteiger partial charge in [0.1, 0.15) is 5.82 Å². The summed E-state index contributed by atoms with van der Waals surface area (Å²) in [6.07, 6.45) is 8.96. The van der Waals surface area contributed by atoms with Crippen LogP contribution in [0.15, 0.2) is 54.6 Å². The van der Waals surface area contributed by atoms with Crippen molar-refractivity contribution in [3.8, 4) is 16.9 Å². The maximum Gasteiger partial charge on any atom is 0.225 e. The van der Waals surface area contributed by atoms with Crippen molar-refractivity contribution < 1.29 is 4.79 Å². The third-order valence-corrected chi connectivity index (χ3v) is 5.63. The summed E-state index contributed by atoms with van der Waals surface area (Å²) in [5.41, 5.74) is 5.21. The van der Waals surface area contributed by atoms with Crippen LogP contribution in [0.2, 0.25) is 0 Å².